The van der Waals surface area contributed by atoms with E-state index in [1.54, 1.807) is 18.2 Å². The minimum atomic E-state index is -1.18. The van der Waals surface area contributed by atoms with Crippen molar-refractivity contribution in [2.75, 3.05) is 7.11 Å². The number of hydrogen-bond acceptors (Lipinski definition) is 8. The fourth-order valence-electron chi connectivity index (χ4n) is 6.52. The van der Waals surface area contributed by atoms with Crippen molar-refractivity contribution in [2.24, 2.45) is 5.92 Å². The zero-order valence-corrected chi connectivity index (χ0v) is 28.7. The van der Waals surface area contributed by atoms with Crippen molar-refractivity contribution in [3.05, 3.63) is 141 Å². The van der Waals surface area contributed by atoms with Crippen LogP contribution < -0.4 is 4.85 Å². The van der Waals surface area contributed by atoms with Crippen molar-refractivity contribution < 1.29 is 28.6 Å². The van der Waals surface area contributed by atoms with E-state index in [0.717, 1.165) is 28.7 Å². The van der Waals surface area contributed by atoms with Gasteiger partial charge in [0.05, 0.1) is 32.5 Å². The number of nitrogens with zero attached hydrogens (tertiary/aromatic N) is 3. The predicted molar refractivity (Wildman–Crippen MR) is 186 cm³/mol. The summed E-state index contributed by atoms with van der Waals surface area (Å²) in [6, 6.07) is 30.7. The lowest BCUT2D eigenvalue weighted by Gasteiger charge is -2.46. The first-order valence-corrected chi connectivity index (χ1v) is 16.9. The highest BCUT2D eigenvalue weighted by atomic mass is 35.5. The van der Waals surface area contributed by atoms with Crippen molar-refractivity contribution in [3.8, 4) is 0 Å². The molecule has 6 rings (SSSR count). The normalized spacial score (nSPS) is 21.4. The monoisotopic (exact) mass is 681 g/mol. The third-order valence-electron chi connectivity index (χ3n) is 9.14. The molecule has 0 saturated carbocycles. The summed E-state index contributed by atoms with van der Waals surface area (Å²) in [5, 5.41) is 17.5. The van der Waals surface area contributed by atoms with Crippen LogP contribution in [0.5, 0.6) is 0 Å². The number of esters is 1. The lowest BCUT2D eigenvalue weighted by atomic mass is 9.83. The number of carbonyl (C=O) groups excluding carboxylic acids is 1. The van der Waals surface area contributed by atoms with Crippen molar-refractivity contribution in [1.82, 2.24) is 10.1 Å². The zero-order chi connectivity index (χ0) is 34.5. The van der Waals surface area contributed by atoms with Crippen LogP contribution in [0, 0.1) is 18.0 Å². The molecule has 1 unspecified atom stereocenters. The van der Waals surface area contributed by atoms with Gasteiger partial charge in [-0.2, -0.15) is 0 Å². The van der Waals surface area contributed by atoms with E-state index < -0.39 is 24.1 Å². The maximum atomic E-state index is 13.4. The van der Waals surface area contributed by atoms with Crippen LogP contribution in [0.25, 0.3) is 11.0 Å². The van der Waals surface area contributed by atoms with E-state index >= 15 is 0 Å². The van der Waals surface area contributed by atoms with Gasteiger partial charge in [0.15, 0.2) is 0 Å². The molecule has 1 saturated heterocycles. The van der Waals surface area contributed by atoms with E-state index in [1.807, 2.05) is 85.8 Å². The standard InChI is InChI=1S/C39H40ClN3O6/c1-5-33-25(3)35(47-22-26-12-8-6-9-13-26)37(48-23-27-14-10-7-11-15-27)36(49-33)28-17-18-30(40)29(21-28)34(39(44)46-4)38-41-31-19-16-24(2)20-32(31)43(45)42-38/h6-21,25,33-37H,5,22-23H2,1-4H3/t25-,33-,34?,35+,36+,37-/m1/s1. The first-order chi connectivity index (χ1) is 23.8. The highest BCUT2D eigenvalue weighted by molar-refractivity contribution is 6.31. The number of aryl methyl sites for hydroxylation is 1. The Kier molecular flexibility index (Phi) is 10.8. The van der Waals surface area contributed by atoms with Gasteiger partial charge in [-0.25, -0.2) is 4.98 Å². The Labute approximate surface area is 291 Å². The molecule has 1 aromatic heterocycles. The summed E-state index contributed by atoms with van der Waals surface area (Å²) < 4.78 is 25.4. The van der Waals surface area contributed by atoms with Gasteiger partial charge in [-0.3, -0.25) is 4.79 Å². The van der Waals surface area contributed by atoms with E-state index in [1.165, 1.54) is 7.11 Å². The maximum absolute atomic E-state index is 13.4. The Bertz CT molecular complexity index is 1890. The topological polar surface area (TPSA) is 107 Å². The molecule has 10 heteroatoms. The summed E-state index contributed by atoms with van der Waals surface area (Å²) in [6.45, 7) is 6.86. The highest BCUT2D eigenvalue weighted by Crippen LogP contribution is 2.42. The second-order valence-electron chi connectivity index (χ2n) is 12.5. The molecule has 0 bridgehead atoms. The van der Waals surface area contributed by atoms with Gasteiger partial charge in [-0.1, -0.05) is 104 Å². The quantitative estimate of drug-likeness (QED) is 0.0820. The van der Waals surface area contributed by atoms with E-state index in [0.29, 0.717) is 39.7 Å². The molecule has 6 atom stereocenters. The second-order valence-corrected chi connectivity index (χ2v) is 12.9. The molecule has 49 heavy (non-hydrogen) atoms. The molecule has 9 nitrogen and oxygen atoms in total. The summed E-state index contributed by atoms with van der Waals surface area (Å²) in [7, 11) is 1.28. The van der Waals surface area contributed by atoms with Crippen LogP contribution in [0.4, 0.5) is 0 Å². The van der Waals surface area contributed by atoms with E-state index in [2.05, 4.69) is 23.9 Å². The highest BCUT2D eigenvalue weighted by Gasteiger charge is 2.46. The molecule has 1 aliphatic heterocycles. The minimum absolute atomic E-state index is 0.0162. The number of hydrogen-bond donors (Lipinski definition) is 0. The third kappa shape index (κ3) is 7.60. The Hall–Kier alpha value is -4.41. The third-order valence-corrected chi connectivity index (χ3v) is 9.49. The van der Waals surface area contributed by atoms with Gasteiger partial charge >= 0.3 is 5.97 Å². The average molecular weight is 682 g/mol. The molecule has 0 spiro atoms. The van der Waals surface area contributed by atoms with Crippen LogP contribution in [-0.2, 0) is 37.0 Å². The van der Waals surface area contributed by atoms with Gasteiger partial charge in [-0.05, 0) is 58.1 Å². The average Bonchev–Trinajstić information content (AvgIpc) is 3.12. The summed E-state index contributed by atoms with van der Waals surface area (Å²) in [5.74, 6) is -1.84. The van der Waals surface area contributed by atoms with Crippen molar-refractivity contribution in [3.63, 3.8) is 0 Å². The molecule has 1 aliphatic rings. The van der Waals surface area contributed by atoms with Crippen LogP contribution >= 0.6 is 11.6 Å². The number of methoxy groups -OCH3 is 1. The molecular formula is C39H40ClN3O6. The van der Waals surface area contributed by atoms with Crippen molar-refractivity contribution in [1.29, 1.82) is 0 Å². The van der Waals surface area contributed by atoms with Gasteiger partial charge in [0.1, 0.15) is 23.6 Å². The van der Waals surface area contributed by atoms with Gasteiger partial charge < -0.3 is 24.2 Å². The van der Waals surface area contributed by atoms with Crippen LogP contribution in [0.15, 0.2) is 97.1 Å². The van der Waals surface area contributed by atoms with Crippen LogP contribution in [0.2, 0.25) is 5.02 Å². The molecular weight excluding hydrogens is 642 g/mol. The molecule has 0 aliphatic carbocycles. The SMILES string of the molecule is CC[C@H]1O[C@@H](c2ccc(Cl)c(C(C(=O)OC)c3nc4ccc(C)cc4[n+]([O-])n3)c2)[C@H](OCc2ccccc2)[C@@H](OCc2ccccc2)[C@@H]1C. The molecule has 254 valence electrons. The first kappa shape index (κ1) is 34.5. The summed E-state index contributed by atoms with van der Waals surface area (Å²) in [5.41, 5.74) is 4.77. The second kappa shape index (κ2) is 15.4. The number of carbonyl (C=O) groups is 1. The van der Waals surface area contributed by atoms with Gasteiger partial charge in [0, 0.05) is 22.1 Å². The summed E-state index contributed by atoms with van der Waals surface area (Å²) in [6.07, 6.45) is -0.798. The Morgan fingerprint density at radius 3 is 2.22 bits per heavy atom. The minimum Gasteiger partial charge on any atom is -0.594 e. The smallest absolute Gasteiger partial charge is 0.321 e. The van der Waals surface area contributed by atoms with E-state index in [4.69, 9.17) is 30.5 Å². The largest absolute Gasteiger partial charge is 0.594 e. The first-order valence-electron chi connectivity index (χ1n) is 16.5. The number of halogens is 1. The Morgan fingerprint density at radius 1 is 0.939 bits per heavy atom. The fraction of sp³-hybridized carbons (Fsp3) is 0.333. The fourth-order valence-corrected chi connectivity index (χ4v) is 6.74. The Morgan fingerprint density at radius 2 is 1.59 bits per heavy atom. The predicted octanol–water partition coefficient (Wildman–Crippen LogP) is 7.19. The maximum Gasteiger partial charge on any atom is 0.321 e. The number of ether oxygens (including phenoxy) is 4. The van der Waals surface area contributed by atoms with Crippen LogP contribution in [0.1, 0.15) is 65.9 Å². The molecule has 5 aromatic rings. The zero-order valence-electron chi connectivity index (χ0n) is 28.0. The number of fused-ring (bicyclic) bond motifs is 1. The van der Waals surface area contributed by atoms with E-state index in [-0.39, 0.29) is 24.0 Å². The molecule has 1 fully saturated rings. The molecule has 2 heterocycles. The van der Waals surface area contributed by atoms with Gasteiger partial charge in [0.2, 0.25) is 5.82 Å². The summed E-state index contributed by atoms with van der Waals surface area (Å²) >= 11 is 6.82. The molecule has 0 N–H and O–H groups in total. The number of aromatic nitrogens is 3. The van der Waals surface area contributed by atoms with Gasteiger partial charge in [0.25, 0.3) is 5.52 Å². The van der Waals surface area contributed by atoms with E-state index in [9.17, 15) is 10.0 Å². The Balaban J connectivity index is 1.41. The molecule has 0 radical (unpaired) electrons. The molecule has 4 aromatic carbocycles. The van der Waals surface area contributed by atoms with Crippen LogP contribution in [0.3, 0.4) is 0 Å². The summed E-state index contributed by atoms with van der Waals surface area (Å²) in [4.78, 5) is 18.5. The molecule has 0 amide bonds. The number of rotatable bonds is 11. The van der Waals surface area contributed by atoms with Crippen molar-refractivity contribution in [2.45, 2.75) is 70.7 Å². The van der Waals surface area contributed by atoms with Gasteiger partial charge in [-0.15, -0.1) is 0 Å². The lowest BCUT2D eigenvalue weighted by Crippen LogP contribution is -2.51. The van der Waals surface area contributed by atoms with Crippen molar-refractivity contribution >= 4 is 28.6 Å². The lowest BCUT2D eigenvalue weighted by molar-refractivity contribution is -0.644. The van der Waals surface area contributed by atoms with Crippen LogP contribution in [-0.4, -0.2) is 41.5 Å². The number of benzene rings is 4.